The lowest BCUT2D eigenvalue weighted by molar-refractivity contribution is 0.209. The summed E-state index contributed by atoms with van der Waals surface area (Å²) in [6.45, 7) is 0. The summed E-state index contributed by atoms with van der Waals surface area (Å²) in [5.74, 6) is 0.320. The van der Waals surface area contributed by atoms with E-state index >= 15 is 0 Å². The molecule has 0 bridgehead atoms. The van der Waals surface area contributed by atoms with E-state index in [0.717, 1.165) is 16.5 Å². The van der Waals surface area contributed by atoms with Crippen molar-refractivity contribution in [1.82, 2.24) is 15.0 Å². The normalized spacial score (nSPS) is 12.3. The van der Waals surface area contributed by atoms with E-state index in [2.05, 4.69) is 15.0 Å². The number of methoxy groups -OCH3 is 1. The molecule has 0 amide bonds. The highest BCUT2D eigenvalue weighted by atomic mass is 16.5. The summed E-state index contributed by atoms with van der Waals surface area (Å²) >= 11 is 0. The van der Waals surface area contributed by atoms with E-state index in [1.165, 1.54) is 19.5 Å². The highest BCUT2D eigenvalue weighted by molar-refractivity contribution is 5.82. The van der Waals surface area contributed by atoms with Gasteiger partial charge in [-0.1, -0.05) is 18.2 Å². The maximum atomic E-state index is 10.6. The number of rotatable bonds is 3. The molecule has 0 spiro atoms. The Hall–Kier alpha value is -2.53. The Morgan fingerprint density at radius 3 is 2.65 bits per heavy atom. The van der Waals surface area contributed by atoms with Crippen LogP contribution in [-0.2, 0) is 0 Å². The number of fused-ring (bicyclic) bond motifs is 1. The fraction of sp³-hybridized carbons (Fsp3) is 0.133. The first-order chi connectivity index (χ1) is 9.81. The summed E-state index contributed by atoms with van der Waals surface area (Å²) in [7, 11) is 1.50. The third-order valence-electron chi connectivity index (χ3n) is 3.12. The van der Waals surface area contributed by atoms with Crippen molar-refractivity contribution in [3.05, 3.63) is 60.2 Å². The van der Waals surface area contributed by atoms with Gasteiger partial charge in [0.05, 0.1) is 12.6 Å². The van der Waals surface area contributed by atoms with Gasteiger partial charge in [0.2, 0.25) is 5.88 Å². The summed E-state index contributed by atoms with van der Waals surface area (Å²) in [6, 6.07) is 9.42. The number of para-hydroxylation sites is 1. The van der Waals surface area contributed by atoms with Crippen molar-refractivity contribution < 1.29 is 9.84 Å². The Morgan fingerprint density at radius 2 is 1.80 bits per heavy atom. The Morgan fingerprint density at radius 1 is 1.00 bits per heavy atom. The molecule has 1 N–H and O–H groups in total. The second-order valence-electron chi connectivity index (χ2n) is 4.27. The predicted octanol–water partition coefficient (Wildman–Crippen LogP) is 2.12. The number of aliphatic hydroxyl groups is 1. The zero-order valence-corrected chi connectivity index (χ0v) is 10.9. The van der Waals surface area contributed by atoms with Gasteiger partial charge in [-0.15, -0.1) is 0 Å². The molecule has 0 aliphatic carbocycles. The third-order valence-corrected chi connectivity index (χ3v) is 3.12. The number of hydrogen-bond acceptors (Lipinski definition) is 5. The van der Waals surface area contributed by atoms with E-state index in [1.807, 2.05) is 24.3 Å². The van der Waals surface area contributed by atoms with Crippen LogP contribution < -0.4 is 4.74 Å². The molecule has 3 rings (SSSR count). The van der Waals surface area contributed by atoms with Crippen LogP contribution in [-0.4, -0.2) is 27.2 Å². The smallest absolute Gasteiger partial charge is 0.238 e. The average Bonchev–Trinajstić information content (AvgIpc) is 2.53. The van der Waals surface area contributed by atoms with Crippen molar-refractivity contribution in [2.45, 2.75) is 6.10 Å². The highest BCUT2D eigenvalue weighted by Gasteiger charge is 2.19. The van der Waals surface area contributed by atoms with Gasteiger partial charge in [-0.05, 0) is 17.7 Å². The third kappa shape index (κ3) is 2.08. The van der Waals surface area contributed by atoms with Crippen LogP contribution in [0, 0.1) is 0 Å². The van der Waals surface area contributed by atoms with Crippen LogP contribution in [0.4, 0.5) is 0 Å². The van der Waals surface area contributed by atoms with E-state index in [4.69, 9.17) is 4.74 Å². The molecule has 0 saturated carbocycles. The van der Waals surface area contributed by atoms with Gasteiger partial charge in [0.15, 0.2) is 0 Å². The second-order valence-corrected chi connectivity index (χ2v) is 4.27. The van der Waals surface area contributed by atoms with Crippen molar-refractivity contribution in [1.29, 1.82) is 0 Å². The second kappa shape index (κ2) is 5.22. The van der Waals surface area contributed by atoms with Gasteiger partial charge < -0.3 is 9.84 Å². The Balaban J connectivity index is 2.15. The van der Waals surface area contributed by atoms with Crippen LogP contribution in [0.25, 0.3) is 10.9 Å². The van der Waals surface area contributed by atoms with E-state index in [0.29, 0.717) is 11.6 Å². The van der Waals surface area contributed by atoms with Crippen molar-refractivity contribution in [2.75, 3.05) is 7.11 Å². The van der Waals surface area contributed by atoms with Crippen molar-refractivity contribution in [2.24, 2.45) is 0 Å². The van der Waals surface area contributed by atoms with Gasteiger partial charge in [0, 0.05) is 24.0 Å². The van der Waals surface area contributed by atoms with E-state index in [1.54, 1.807) is 12.3 Å². The largest absolute Gasteiger partial charge is 0.480 e. The Labute approximate surface area is 115 Å². The minimum Gasteiger partial charge on any atom is -0.480 e. The zero-order valence-electron chi connectivity index (χ0n) is 10.9. The minimum absolute atomic E-state index is 0.320. The molecule has 1 unspecified atom stereocenters. The number of nitrogens with zero attached hydrogens (tertiary/aromatic N) is 3. The minimum atomic E-state index is -0.911. The zero-order chi connectivity index (χ0) is 13.9. The molecule has 0 fully saturated rings. The molecule has 0 saturated heterocycles. The average molecular weight is 267 g/mol. The lowest BCUT2D eigenvalue weighted by atomic mass is 10.0. The van der Waals surface area contributed by atoms with E-state index in [9.17, 15) is 5.11 Å². The number of hydrogen-bond donors (Lipinski definition) is 1. The fourth-order valence-electron chi connectivity index (χ4n) is 2.18. The summed E-state index contributed by atoms with van der Waals surface area (Å²) < 4.78 is 5.15. The number of benzene rings is 1. The molecule has 0 aliphatic rings. The fourth-order valence-corrected chi connectivity index (χ4v) is 2.18. The number of ether oxygens (including phenoxy) is 1. The number of aliphatic hydroxyl groups excluding tert-OH is 1. The molecule has 2 aromatic heterocycles. The molecular formula is C15H13N3O2. The first kappa shape index (κ1) is 12.5. The standard InChI is InChI=1S/C15H13N3O2/c1-20-15-13(17-8-9-18-15)14(19)11-6-7-16-12-5-3-2-4-10(11)12/h2-9,14,19H,1H3. The predicted molar refractivity (Wildman–Crippen MR) is 74.4 cm³/mol. The van der Waals surface area contributed by atoms with E-state index in [-0.39, 0.29) is 0 Å². The van der Waals surface area contributed by atoms with Gasteiger partial charge >= 0.3 is 0 Å². The van der Waals surface area contributed by atoms with Crippen LogP contribution in [0.2, 0.25) is 0 Å². The van der Waals surface area contributed by atoms with Gasteiger partial charge in [0.1, 0.15) is 11.8 Å². The lowest BCUT2D eigenvalue weighted by Crippen LogP contribution is -2.07. The molecule has 3 aromatic rings. The number of aromatic nitrogens is 3. The molecule has 1 aromatic carbocycles. The van der Waals surface area contributed by atoms with Crippen LogP contribution in [0.5, 0.6) is 5.88 Å². The molecule has 100 valence electrons. The molecular weight excluding hydrogens is 254 g/mol. The Kier molecular flexibility index (Phi) is 3.26. The maximum absolute atomic E-state index is 10.6. The van der Waals surface area contributed by atoms with Crippen LogP contribution in [0.1, 0.15) is 17.4 Å². The van der Waals surface area contributed by atoms with Crippen molar-refractivity contribution in [3.63, 3.8) is 0 Å². The van der Waals surface area contributed by atoms with Gasteiger partial charge in [0.25, 0.3) is 0 Å². The van der Waals surface area contributed by atoms with Crippen LogP contribution in [0.15, 0.2) is 48.9 Å². The molecule has 0 aliphatic heterocycles. The number of pyridine rings is 1. The first-order valence-corrected chi connectivity index (χ1v) is 6.18. The van der Waals surface area contributed by atoms with Gasteiger partial charge in [-0.25, -0.2) is 4.98 Å². The summed E-state index contributed by atoms with van der Waals surface area (Å²) in [4.78, 5) is 12.5. The summed E-state index contributed by atoms with van der Waals surface area (Å²) in [5.41, 5.74) is 1.95. The van der Waals surface area contributed by atoms with E-state index < -0.39 is 6.10 Å². The van der Waals surface area contributed by atoms with Gasteiger partial charge in [-0.2, -0.15) is 0 Å². The van der Waals surface area contributed by atoms with Crippen LogP contribution >= 0.6 is 0 Å². The SMILES string of the molecule is COc1nccnc1C(O)c1ccnc2ccccc12. The molecule has 5 nitrogen and oxygen atoms in total. The Bertz CT molecular complexity index is 741. The highest BCUT2D eigenvalue weighted by Crippen LogP contribution is 2.30. The quantitative estimate of drug-likeness (QED) is 0.787. The first-order valence-electron chi connectivity index (χ1n) is 6.18. The van der Waals surface area contributed by atoms with Gasteiger partial charge in [-0.3, -0.25) is 9.97 Å². The molecule has 5 heteroatoms. The lowest BCUT2D eigenvalue weighted by Gasteiger charge is -2.14. The molecule has 2 heterocycles. The van der Waals surface area contributed by atoms with Crippen LogP contribution in [0.3, 0.4) is 0 Å². The summed E-state index contributed by atoms with van der Waals surface area (Å²) in [5, 5.41) is 11.5. The topological polar surface area (TPSA) is 68.1 Å². The monoisotopic (exact) mass is 267 g/mol. The molecule has 0 radical (unpaired) electrons. The summed E-state index contributed by atoms with van der Waals surface area (Å²) in [6.07, 6.45) is 3.82. The molecule has 1 atom stereocenters. The maximum Gasteiger partial charge on any atom is 0.238 e. The van der Waals surface area contributed by atoms with Crippen molar-refractivity contribution in [3.8, 4) is 5.88 Å². The van der Waals surface area contributed by atoms with Crippen molar-refractivity contribution >= 4 is 10.9 Å². The molecule has 20 heavy (non-hydrogen) atoms.